The van der Waals surface area contributed by atoms with Gasteiger partial charge in [-0.1, -0.05) is 39.0 Å². The molecule has 25 heavy (non-hydrogen) atoms. The Bertz CT molecular complexity index is 528. The third-order valence-electron chi connectivity index (χ3n) is 5.24. The molecule has 0 aromatic carbocycles. The van der Waals surface area contributed by atoms with Crippen LogP contribution in [0.15, 0.2) is 0 Å². The number of amides is 2. The van der Waals surface area contributed by atoms with Gasteiger partial charge in [0.1, 0.15) is 6.04 Å². The maximum Gasteiger partial charge on any atom is 0.246 e. The van der Waals surface area contributed by atoms with E-state index in [9.17, 15) is 14.4 Å². The van der Waals surface area contributed by atoms with E-state index >= 15 is 0 Å². The highest BCUT2D eigenvalue weighted by atomic mass is 32.2. The smallest absolute Gasteiger partial charge is 0.246 e. The number of rotatable bonds is 5. The van der Waals surface area contributed by atoms with Crippen molar-refractivity contribution in [3.05, 3.63) is 0 Å². The van der Waals surface area contributed by atoms with Crippen molar-refractivity contribution in [1.29, 1.82) is 0 Å². The quantitative estimate of drug-likeness (QED) is 0.787. The fourth-order valence-corrected chi connectivity index (χ4v) is 6.05. The summed E-state index contributed by atoms with van der Waals surface area (Å²) in [4.78, 5) is 39.3. The van der Waals surface area contributed by atoms with Crippen LogP contribution >= 0.6 is 23.5 Å². The van der Waals surface area contributed by atoms with Crippen LogP contribution < -0.4 is 5.32 Å². The van der Waals surface area contributed by atoms with E-state index in [1.54, 1.807) is 0 Å². The molecule has 2 heterocycles. The van der Waals surface area contributed by atoms with Gasteiger partial charge in [0.2, 0.25) is 11.8 Å². The van der Waals surface area contributed by atoms with Gasteiger partial charge in [-0.3, -0.25) is 14.4 Å². The lowest BCUT2D eigenvalue weighted by Gasteiger charge is -2.31. The Balaban J connectivity index is 2.12. The molecule has 2 aliphatic heterocycles. The van der Waals surface area contributed by atoms with Gasteiger partial charge >= 0.3 is 0 Å². The highest BCUT2D eigenvalue weighted by Crippen LogP contribution is 2.38. The Morgan fingerprint density at radius 3 is 2.64 bits per heavy atom. The summed E-state index contributed by atoms with van der Waals surface area (Å²) in [6, 6.07) is -0.264. The molecule has 0 aliphatic carbocycles. The molecule has 6 atom stereocenters. The number of hydrogen-bond acceptors (Lipinski definition) is 5. The second kappa shape index (κ2) is 8.80. The van der Waals surface area contributed by atoms with E-state index in [-0.39, 0.29) is 34.3 Å². The molecule has 5 unspecified atom stereocenters. The summed E-state index contributed by atoms with van der Waals surface area (Å²) in [6.07, 6.45) is 2.41. The minimum atomic E-state index is -0.472. The SMILES string of the molecule is CC[C@H](C)C(SC(C)=O)C(=O)NC1CCC(C)C2SCC(C)N2C1=O. The first-order valence-corrected chi connectivity index (χ1v) is 11.1. The van der Waals surface area contributed by atoms with Crippen LogP contribution in [-0.4, -0.2) is 50.3 Å². The van der Waals surface area contributed by atoms with Crippen LogP contribution in [0.25, 0.3) is 0 Å². The van der Waals surface area contributed by atoms with Gasteiger partial charge in [-0.15, -0.1) is 11.8 Å². The van der Waals surface area contributed by atoms with Crippen molar-refractivity contribution in [2.45, 2.75) is 76.6 Å². The number of carbonyl (C=O) groups is 3. The molecule has 0 aromatic heterocycles. The zero-order valence-corrected chi connectivity index (χ0v) is 17.4. The summed E-state index contributed by atoms with van der Waals surface area (Å²) in [5, 5.41) is 2.70. The van der Waals surface area contributed by atoms with Gasteiger partial charge in [0.25, 0.3) is 0 Å². The average molecular weight is 387 g/mol. The Morgan fingerprint density at radius 1 is 1.36 bits per heavy atom. The fourth-order valence-electron chi connectivity index (χ4n) is 3.51. The Kier molecular flexibility index (Phi) is 7.26. The van der Waals surface area contributed by atoms with E-state index in [0.717, 1.165) is 30.4 Å². The average Bonchev–Trinajstić information content (AvgIpc) is 2.90. The van der Waals surface area contributed by atoms with Crippen molar-refractivity contribution in [3.8, 4) is 0 Å². The lowest BCUT2D eigenvalue weighted by Crippen LogP contribution is -2.53. The van der Waals surface area contributed by atoms with Gasteiger partial charge in [-0.25, -0.2) is 0 Å². The van der Waals surface area contributed by atoms with E-state index < -0.39 is 11.3 Å². The number of fused-ring (bicyclic) bond motifs is 1. The van der Waals surface area contributed by atoms with Gasteiger partial charge in [0, 0.05) is 18.7 Å². The molecule has 2 rings (SSSR count). The summed E-state index contributed by atoms with van der Waals surface area (Å²) >= 11 is 2.92. The van der Waals surface area contributed by atoms with Crippen LogP contribution in [0.1, 0.15) is 53.9 Å². The normalized spacial score (nSPS) is 31.9. The number of carbonyl (C=O) groups excluding carboxylic acids is 3. The number of nitrogens with zero attached hydrogens (tertiary/aromatic N) is 1. The Hall–Kier alpha value is -0.690. The van der Waals surface area contributed by atoms with E-state index in [1.165, 1.54) is 6.92 Å². The number of nitrogens with one attached hydrogen (secondary N) is 1. The summed E-state index contributed by atoms with van der Waals surface area (Å²) in [6.45, 7) is 9.74. The molecule has 5 nitrogen and oxygen atoms in total. The molecule has 2 aliphatic rings. The second-order valence-corrected chi connectivity index (χ2v) is 9.82. The standard InChI is InChI=1S/C18H30N2O3S2/c1-6-10(2)15(25-13(5)21)16(22)19-14-8-7-11(3)18-20(17(14)23)12(4)9-24-18/h10-12,14-15,18H,6-9H2,1-5H3,(H,19,22)/t10-,11?,12?,14?,15?,18?/m0/s1. The molecule has 0 spiro atoms. The van der Waals surface area contributed by atoms with Gasteiger partial charge in [-0.2, -0.15) is 0 Å². The first kappa shape index (κ1) is 20.6. The first-order valence-electron chi connectivity index (χ1n) is 9.17. The predicted octanol–water partition coefficient (Wildman–Crippen LogP) is 2.89. The molecule has 0 radical (unpaired) electrons. The van der Waals surface area contributed by atoms with Crippen molar-refractivity contribution in [2.24, 2.45) is 11.8 Å². The molecule has 7 heteroatoms. The fraction of sp³-hybridized carbons (Fsp3) is 0.833. The lowest BCUT2D eigenvalue weighted by molar-refractivity contribution is -0.137. The minimum Gasteiger partial charge on any atom is -0.343 e. The van der Waals surface area contributed by atoms with Crippen molar-refractivity contribution in [2.75, 3.05) is 5.75 Å². The van der Waals surface area contributed by atoms with E-state index in [2.05, 4.69) is 19.2 Å². The third-order valence-corrected chi connectivity index (χ3v) is 8.21. The Labute approximate surface area is 159 Å². The zero-order chi connectivity index (χ0) is 18.7. The highest BCUT2D eigenvalue weighted by Gasteiger charge is 2.44. The van der Waals surface area contributed by atoms with Crippen molar-refractivity contribution < 1.29 is 14.4 Å². The molecule has 1 N–H and O–H groups in total. The van der Waals surface area contributed by atoms with Crippen LogP contribution in [0, 0.1) is 11.8 Å². The van der Waals surface area contributed by atoms with E-state index in [1.807, 2.05) is 30.5 Å². The van der Waals surface area contributed by atoms with Gasteiger partial charge < -0.3 is 10.2 Å². The second-order valence-electron chi connectivity index (χ2n) is 7.35. The Morgan fingerprint density at radius 2 is 2.04 bits per heavy atom. The molecule has 0 saturated carbocycles. The summed E-state index contributed by atoms with van der Waals surface area (Å²) in [5.74, 6) is 1.33. The molecule has 2 amide bonds. The maximum atomic E-state index is 13.0. The van der Waals surface area contributed by atoms with Crippen LogP contribution in [0.2, 0.25) is 0 Å². The molecular weight excluding hydrogens is 356 g/mol. The van der Waals surface area contributed by atoms with Crippen LogP contribution in [0.5, 0.6) is 0 Å². The van der Waals surface area contributed by atoms with E-state index in [4.69, 9.17) is 0 Å². The molecule has 0 bridgehead atoms. The molecule has 2 fully saturated rings. The molecule has 0 aromatic rings. The third kappa shape index (κ3) is 4.73. The van der Waals surface area contributed by atoms with Gasteiger partial charge in [0.05, 0.1) is 10.6 Å². The largest absolute Gasteiger partial charge is 0.343 e. The van der Waals surface area contributed by atoms with Crippen LogP contribution in [0.4, 0.5) is 0 Å². The van der Waals surface area contributed by atoms with Crippen LogP contribution in [-0.2, 0) is 14.4 Å². The summed E-state index contributed by atoms with van der Waals surface area (Å²) < 4.78 is 0. The van der Waals surface area contributed by atoms with E-state index in [0.29, 0.717) is 12.3 Å². The number of thioether (sulfide) groups is 2. The highest BCUT2D eigenvalue weighted by molar-refractivity contribution is 8.14. The van der Waals surface area contributed by atoms with Crippen molar-refractivity contribution in [1.82, 2.24) is 10.2 Å². The number of hydrogen-bond donors (Lipinski definition) is 1. The zero-order valence-electron chi connectivity index (χ0n) is 15.8. The molecule has 2 saturated heterocycles. The molecule has 142 valence electrons. The summed E-state index contributed by atoms with van der Waals surface area (Å²) in [5.41, 5.74) is 0. The first-order chi connectivity index (χ1) is 11.8. The van der Waals surface area contributed by atoms with Gasteiger partial charge in [0.15, 0.2) is 5.12 Å². The van der Waals surface area contributed by atoms with Crippen molar-refractivity contribution in [3.63, 3.8) is 0 Å². The predicted molar refractivity (Wildman–Crippen MR) is 104 cm³/mol. The monoisotopic (exact) mass is 386 g/mol. The molecular formula is C18H30N2O3S2. The topological polar surface area (TPSA) is 66.5 Å². The summed E-state index contributed by atoms with van der Waals surface area (Å²) in [7, 11) is 0. The van der Waals surface area contributed by atoms with Crippen LogP contribution in [0.3, 0.4) is 0 Å². The minimum absolute atomic E-state index is 0.0379. The van der Waals surface area contributed by atoms with Gasteiger partial charge in [-0.05, 0) is 31.6 Å². The van der Waals surface area contributed by atoms with Crippen molar-refractivity contribution >= 4 is 40.5 Å². The lowest BCUT2D eigenvalue weighted by atomic mass is 10.0. The maximum absolute atomic E-state index is 13.0.